The molecule has 5 aromatic heterocycles. The summed E-state index contributed by atoms with van der Waals surface area (Å²) in [6, 6.07) is 20.9. The van der Waals surface area contributed by atoms with Crippen LogP contribution in [0, 0.1) is 16.7 Å². The Kier molecular flexibility index (Phi) is 11.5. The first-order chi connectivity index (χ1) is 31.3. The minimum Gasteiger partial charge on any atom is -0.492 e. The van der Waals surface area contributed by atoms with Gasteiger partial charge in [0, 0.05) is 92.4 Å². The second-order valence-electron chi connectivity index (χ2n) is 18.2. The number of methoxy groups -OCH3 is 1. The Morgan fingerprint density at radius 1 is 1.00 bits per heavy atom. The van der Waals surface area contributed by atoms with Gasteiger partial charge in [0.05, 0.1) is 54.3 Å². The number of amides is 1. The summed E-state index contributed by atoms with van der Waals surface area (Å²) in [4.78, 5) is 34.5. The number of aryl methyl sites for hydroxylation is 1. The van der Waals surface area contributed by atoms with Crippen LogP contribution >= 0.6 is 0 Å². The normalized spacial score (nSPS) is 20.6. The van der Waals surface area contributed by atoms with Crippen LogP contribution < -0.4 is 31.2 Å². The predicted octanol–water partition coefficient (Wildman–Crippen LogP) is 5.00. The number of nitriles is 1. The molecule has 64 heavy (non-hydrogen) atoms. The van der Waals surface area contributed by atoms with E-state index in [0.29, 0.717) is 54.8 Å². The maximum Gasteiger partial charge on any atom is 0.237 e. The lowest BCUT2D eigenvalue weighted by Gasteiger charge is -2.56. The number of rotatable bonds is 18. The van der Waals surface area contributed by atoms with Crippen LogP contribution in [0.1, 0.15) is 62.5 Å². The average molecular weight is 864 g/mol. The Bertz CT molecular complexity index is 2640. The summed E-state index contributed by atoms with van der Waals surface area (Å²) in [6.45, 7) is 6.85. The number of nitrogen functional groups attached to an aromatic ring is 1. The molecular formula is C48H57N13O3. The van der Waals surface area contributed by atoms with E-state index in [9.17, 15) is 10.1 Å². The molecule has 332 valence electrons. The van der Waals surface area contributed by atoms with Crippen molar-refractivity contribution in [2.45, 2.75) is 88.6 Å². The summed E-state index contributed by atoms with van der Waals surface area (Å²) in [6.07, 6.45) is 15.1. The van der Waals surface area contributed by atoms with Gasteiger partial charge in [-0.05, 0) is 93.8 Å². The van der Waals surface area contributed by atoms with Gasteiger partial charge in [-0.3, -0.25) is 9.69 Å². The van der Waals surface area contributed by atoms with E-state index in [0.717, 1.165) is 111 Å². The summed E-state index contributed by atoms with van der Waals surface area (Å²) in [5, 5.41) is 17.8. The topological polar surface area (TPSA) is 194 Å². The van der Waals surface area contributed by atoms with Crippen molar-refractivity contribution in [2.24, 2.45) is 11.1 Å². The number of aromatic nitrogens is 6. The van der Waals surface area contributed by atoms with Crippen LogP contribution in [0.25, 0.3) is 27.7 Å². The summed E-state index contributed by atoms with van der Waals surface area (Å²) >= 11 is 0. The number of hydrogen-bond donors (Lipinski definition) is 3. The summed E-state index contributed by atoms with van der Waals surface area (Å²) in [5.41, 5.74) is 18.9. The fraction of sp³-hybridized carbons (Fsp3) is 0.458. The number of likely N-dealkylation sites (tertiary alicyclic amines) is 1. The quantitative estimate of drug-likeness (QED) is 0.0979. The van der Waals surface area contributed by atoms with Crippen LogP contribution in [0.2, 0.25) is 0 Å². The molecule has 2 bridgehead atoms. The van der Waals surface area contributed by atoms with E-state index in [1.807, 2.05) is 59.6 Å². The molecule has 11 rings (SSSR count). The van der Waals surface area contributed by atoms with Gasteiger partial charge in [-0.15, -0.1) is 0 Å². The molecule has 1 aromatic carbocycles. The first kappa shape index (κ1) is 41.7. The van der Waals surface area contributed by atoms with Gasteiger partial charge in [0.15, 0.2) is 0 Å². The van der Waals surface area contributed by atoms with Crippen LogP contribution in [0.5, 0.6) is 11.6 Å². The molecule has 5 N–H and O–H groups in total. The van der Waals surface area contributed by atoms with Crippen molar-refractivity contribution in [1.29, 1.82) is 5.26 Å². The van der Waals surface area contributed by atoms with E-state index in [1.54, 1.807) is 17.8 Å². The summed E-state index contributed by atoms with van der Waals surface area (Å²) in [7, 11) is 1.64. The molecule has 1 saturated carbocycles. The zero-order valence-corrected chi connectivity index (χ0v) is 36.5. The third-order valence-corrected chi connectivity index (χ3v) is 14.0. The highest BCUT2D eigenvalue weighted by Crippen LogP contribution is 2.53. The van der Waals surface area contributed by atoms with Crippen LogP contribution in [-0.4, -0.2) is 115 Å². The number of hydrogen-bond acceptors (Lipinski definition) is 13. The molecule has 1 spiro atoms. The lowest BCUT2D eigenvalue weighted by Crippen LogP contribution is -2.68. The predicted molar refractivity (Wildman–Crippen MR) is 245 cm³/mol. The monoisotopic (exact) mass is 863 g/mol. The fourth-order valence-corrected chi connectivity index (χ4v) is 10.3. The van der Waals surface area contributed by atoms with E-state index in [1.165, 1.54) is 12.0 Å². The number of ether oxygens (including phenoxy) is 2. The third-order valence-electron chi connectivity index (χ3n) is 14.0. The van der Waals surface area contributed by atoms with Crippen LogP contribution in [0.4, 0.5) is 11.8 Å². The number of imidazole rings is 1. The number of nitrogens with one attached hydrogen (secondary N) is 1. The molecule has 1 aliphatic carbocycles. The SMILES string of the molecule is COc1ccc(CN2C3CC2CN(c2ccc(-c4cc(OCCCCCN5C[C@H](NC(=O)[C@@H](N)CCCn6c(N)nc7ccccc76)C6(CC6)C5)cn5ncc(C#N)c45)cn2)C3)cn1. The average Bonchev–Trinajstić information content (AvgIpc) is 3.69. The molecule has 4 aliphatic heterocycles. The molecule has 4 atom stereocenters. The summed E-state index contributed by atoms with van der Waals surface area (Å²) < 4.78 is 15.3. The van der Waals surface area contributed by atoms with Crippen molar-refractivity contribution in [3.05, 3.63) is 90.5 Å². The molecule has 0 radical (unpaired) electrons. The Labute approximate surface area is 373 Å². The van der Waals surface area contributed by atoms with Gasteiger partial charge >= 0.3 is 0 Å². The number of carbonyl (C=O) groups excluding carboxylic acids is 1. The highest BCUT2D eigenvalue weighted by atomic mass is 16.5. The Morgan fingerprint density at radius 3 is 2.62 bits per heavy atom. The molecule has 5 fully saturated rings. The highest BCUT2D eigenvalue weighted by molar-refractivity contribution is 5.85. The number of anilines is 2. The minimum atomic E-state index is -0.560. The van der Waals surface area contributed by atoms with E-state index in [-0.39, 0.29) is 17.4 Å². The van der Waals surface area contributed by atoms with Crippen molar-refractivity contribution >= 4 is 34.2 Å². The number of nitrogens with two attached hydrogens (primary N) is 2. The smallest absolute Gasteiger partial charge is 0.237 e. The number of piperazine rings is 1. The fourth-order valence-electron chi connectivity index (χ4n) is 10.3. The van der Waals surface area contributed by atoms with Gasteiger partial charge in [-0.25, -0.2) is 19.5 Å². The van der Waals surface area contributed by atoms with Gasteiger partial charge in [0.25, 0.3) is 0 Å². The van der Waals surface area contributed by atoms with E-state index in [4.69, 9.17) is 25.9 Å². The van der Waals surface area contributed by atoms with Crippen molar-refractivity contribution < 1.29 is 14.3 Å². The van der Waals surface area contributed by atoms with Crippen molar-refractivity contribution in [1.82, 2.24) is 44.2 Å². The standard InChI is InChI=1S/C48H57N13O3/c1-63-44-14-11-32(23-53-44)26-60-35-20-36(60)28-58(27-35)43-13-12-33(24-52-43)38-21-37(29-61-45(38)34(22-49)25-54-61)64-19-6-2-5-17-57-30-42(48(31-57)15-16-48)56-46(62)39(50)8-7-18-59-41-10-4-3-9-40(41)55-47(59)51/h3-4,9-14,21,23-25,29,35-36,39,42H,2,5-8,15-20,26-28,30-31,50H2,1H3,(H2,51,55)(H,56,62)/t35?,36?,39-,42-/m0/s1. The zero-order chi connectivity index (χ0) is 43.8. The van der Waals surface area contributed by atoms with Gasteiger partial charge in [0.1, 0.15) is 17.6 Å². The van der Waals surface area contributed by atoms with Crippen molar-refractivity contribution in [3.63, 3.8) is 0 Å². The third kappa shape index (κ3) is 8.43. The second kappa shape index (κ2) is 17.7. The molecule has 16 heteroatoms. The van der Waals surface area contributed by atoms with Crippen LogP contribution in [0.15, 0.2) is 79.4 Å². The summed E-state index contributed by atoms with van der Waals surface area (Å²) in [5.74, 6) is 2.72. The molecule has 6 aromatic rings. The van der Waals surface area contributed by atoms with E-state index < -0.39 is 6.04 Å². The van der Waals surface area contributed by atoms with E-state index >= 15 is 0 Å². The zero-order valence-electron chi connectivity index (χ0n) is 36.5. The lowest BCUT2D eigenvalue weighted by atomic mass is 9.87. The minimum absolute atomic E-state index is 0.0617. The number of nitrogens with zero attached hydrogens (tertiary/aromatic N) is 10. The molecule has 5 aliphatic rings. The molecule has 16 nitrogen and oxygen atoms in total. The van der Waals surface area contributed by atoms with Crippen molar-refractivity contribution in [2.75, 3.05) is 57.1 Å². The number of pyridine rings is 3. The number of carbonyl (C=O) groups is 1. The Hall–Kier alpha value is -6.28. The second-order valence-corrected chi connectivity index (χ2v) is 18.2. The molecule has 9 heterocycles. The maximum atomic E-state index is 13.2. The molecular weight excluding hydrogens is 807 g/mol. The number of unbranched alkanes of at least 4 members (excludes halogenated alkanes) is 2. The molecule has 2 unspecified atom stereocenters. The van der Waals surface area contributed by atoms with Crippen LogP contribution in [-0.2, 0) is 17.9 Å². The van der Waals surface area contributed by atoms with Gasteiger partial charge in [-0.1, -0.05) is 18.2 Å². The number of benzene rings is 1. The van der Waals surface area contributed by atoms with Crippen molar-refractivity contribution in [3.8, 4) is 28.8 Å². The van der Waals surface area contributed by atoms with Gasteiger partial charge < -0.3 is 40.6 Å². The van der Waals surface area contributed by atoms with Gasteiger partial charge in [0.2, 0.25) is 17.7 Å². The van der Waals surface area contributed by atoms with Gasteiger partial charge in [-0.2, -0.15) is 10.4 Å². The Morgan fingerprint density at radius 2 is 1.86 bits per heavy atom. The first-order valence-electron chi connectivity index (χ1n) is 22.8. The van der Waals surface area contributed by atoms with E-state index in [2.05, 4.69) is 59.4 Å². The number of piperidine rings is 1. The largest absolute Gasteiger partial charge is 0.492 e. The Balaban J connectivity index is 0.681. The van der Waals surface area contributed by atoms with Crippen LogP contribution in [0.3, 0.4) is 0 Å². The lowest BCUT2D eigenvalue weighted by molar-refractivity contribution is -0.123. The number of fused-ring (bicyclic) bond motifs is 4. The molecule has 1 amide bonds. The molecule has 4 saturated heterocycles. The highest BCUT2D eigenvalue weighted by Gasteiger charge is 2.55. The first-order valence-corrected chi connectivity index (χ1v) is 22.8. The number of para-hydroxylation sites is 2. The maximum absolute atomic E-state index is 13.2.